The summed E-state index contributed by atoms with van der Waals surface area (Å²) >= 11 is 1.11. The van der Waals surface area contributed by atoms with Crippen molar-refractivity contribution in [3.8, 4) is 5.75 Å². The Balaban J connectivity index is 0.00000112. The maximum Gasteiger partial charge on any atom is 1.00 e. The van der Waals surface area contributed by atoms with E-state index in [2.05, 4.69) is 15.9 Å². The molecule has 1 aromatic carbocycles. The van der Waals surface area contributed by atoms with E-state index in [1.54, 1.807) is 12.1 Å². The molecule has 1 atom stereocenters. The number of hydrogen-bond donors (Lipinski definition) is 0. The van der Waals surface area contributed by atoms with Gasteiger partial charge in [-0.25, -0.2) is 0 Å². The van der Waals surface area contributed by atoms with Gasteiger partial charge in [0, 0.05) is 14.9 Å². The van der Waals surface area contributed by atoms with Gasteiger partial charge in [-0.15, -0.1) is 0 Å². The summed E-state index contributed by atoms with van der Waals surface area (Å²) in [4.78, 5) is 0.274. The Morgan fingerprint density at radius 1 is 1.47 bits per heavy atom. The molecule has 0 aliphatic carbocycles. The minimum Gasteiger partial charge on any atom is -0.769 e. The molecule has 0 spiro atoms. The molecule has 0 amide bonds. The summed E-state index contributed by atoms with van der Waals surface area (Å²) in [5.74, 6) is 0.711. The van der Waals surface area contributed by atoms with Crippen LogP contribution in [0.25, 0.3) is 6.08 Å². The van der Waals surface area contributed by atoms with E-state index in [9.17, 15) is 8.76 Å². The summed E-state index contributed by atoms with van der Waals surface area (Å²) in [6.45, 7) is 0.116. The minimum atomic E-state index is -2.20. The van der Waals surface area contributed by atoms with E-state index in [4.69, 9.17) is 4.74 Å². The zero-order valence-corrected chi connectivity index (χ0v) is 12.4. The van der Waals surface area contributed by atoms with Gasteiger partial charge < -0.3 is 9.29 Å². The van der Waals surface area contributed by atoms with E-state index in [0.29, 0.717) is 5.75 Å². The van der Waals surface area contributed by atoms with Crippen molar-refractivity contribution in [2.45, 2.75) is 0 Å². The van der Waals surface area contributed by atoms with Crippen LogP contribution >= 0.6 is 15.9 Å². The first-order chi connectivity index (χ1) is 6.66. The number of fused-ring (bicyclic) bond motifs is 1. The Bertz CT molecular complexity index is 433. The number of halogens is 1. The summed E-state index contributed by atoms with van der Waals surface area (Å²) in [6, 6.07) is 5.48. The predicted molar refractivity (Wildman–Crippen MR) is 56.5 cm³/mol. The second-order valence-electron chi connectivity index (χ2n) is 2.82. The fraction of sp³-hybridized carbons (Fsp3) is 0.111. The standard InChI is InChI=1S/C9H7BrO3S.Na/c10-7-1-2-9-6(3-7)4-8(5-13-9)14(11)12;/h1-4H,5H2,(H,11,12);/q;+1/p-1. The molecule has 0 saturated carbocycles. The number of ether oxygens (including phenoxy) is 1. The van der Waals surface area contributed by atoms with Crippen molar-refractivity contribution >= 4 is 33.1 Å². The molecule has 0 bridgehead atoms. The van der Waals surface area contributed by atoms with Crippen LogP contribution in [0.2, 0.25) is 0 Å². The molecule has 2 rings (SSSR count). The molecular formula is C9H6BrNaO3S. The SMILES string of the molecule is O=S([O-])C1=Cc2cc(Br)ccc2OC1.[Na+]. The fourth-order valence-electron chi connectivity index (χ4n) is 1.22. The molecule has 0 aromatic heterocycles. The van der Waals surface area contributed by atoms with Crippen molar-refractivity contribution in [2.75, 3.05) is 6.61 Å². The summed E-state index contributed by atoms with van der Waals surface area (Å²) < 4.78 is 27.5. The molecular weight excluding hydrogens is 291 g/mol. The van der Waals surface area contributed by atoms with Gasteiger partial charge in [0.05, 0.1) is 0 Å². The molecule has 1 heterocycles. The Hall–Kier alpha value is 0.350. The summed E-state index contributed by atoms with van der Waals surface area (Å²) in [5.41, 5.74) is 0.782. The van der Waals surface area contributed by atoms with Crippen molar-refractivity contribution in [3.63, 3.8) is 0 Å². The maximum absolute atomic E-state index is 10.7. The summed E-state index contributed by atoms with van der Waals surface area (Å²) in [7, 11) is 0. The molecule has 0 saturated heterocycles. The number of hydrogen-bond acceptors (Lipinski definition) is 3. The molecule has 3 nitrogen and oxygen atoms in total. The zero-order valence-electron chi connectivity index (χ0n) is 8.03. The average Bonchev–Trinajstić information content (AvgIpc) is 2.16. The van der Waals surface area contributed by atoms with Crippen LogP contribution in [0, 0.1) is 0 Å². The van der Waals surface area contributed by atoms with Gasteiger partial charge in [0.25, 0.3) is 0 Å². The van der Waals surface area contributed by atoms with E-state index < -0.39 is 11.1 Å². The maximum atomic E-state index is 10.7. The molecule has 0 fully saturated rings. The molecule has 1 aromatic rings. The second-order valence-corrected chi connectivity index (χ2v) is 4.73. The minimum absolute atomic E-state index is 0. The first-order valence-electron chi connectivity index (χ1n) is 3.89. The first-order valence-corrected chi connectivity index (χ1v) is 5.76. The van der Waals surface area contributed by atoms with Gasteiger partial charge in [0.15, 0.2) is 0 Å². The molecule has 15 heavy (non-hydrogen) atoms. The van der Waals surface area contributed by atoms with E-state index in [-0.39, 0.29) is 41.1 Å². The van der Waals surface area contributed by atoms with Crippen LogP contribution in [0.1, 0.15) is 5.56 Å². The van der Waals surface area contributed by atoms with E-state index in [1.165, 1.54) is 0 Å². The van der Waals surface area contributed by atoms with Crippen LogP contribution in [0.15, 0.2) is 27.6 Å². The first kappa shape index (κ1) is 13.4. The van der Waals surface area contributed by atoms with Gasteiger partial charge in [-0.05, 0) is 35.4 Å². The van der Waals surface area contributed by atoms with E-state index in [0.717, 1.165) is 10.0 Å². The van der Waals surface area contributed by atoms with Crippen LogP contribution in [-0.4, -0.2) is 15.4 Å². The van der Waals surface area contributed by atoms with Gasteiger partial charge in [-0.2, -0.15) is 0 Å². The molecule has 0 N–H and O–H groups in total. The molecule has 1 unspecified atom stereocenters. The zero-order chi connectivity index (χ0) is 10.1. The third-order valence-corrected chi connectivity index (χ3v) is 3.03. The third kappa shape index (κ3) is 3.15. The van der Waals surface area contributed by atoms with Crippen LogP contribution in [0.4, 0.5) is 0 Å². The van der Waals surface area contributed by atoms with Crippen molar-refractivity contribution in [1.82, 2.24) is 0 Å². The smallest absolute Gasteiger partial charge is 0.769 e. The molecule has 6 heteroatoms. The van der Waals surface area contributed by atoms with Crippen LogP contribution in [-0.2, 0) is 11.1 Å². The second kappa shape index (κ2) is 5.61. The van der Waals surface area contributed by atoms with Crippen molar-refractivity contribution in [1.29, 1.82) is 0 Å². The Kier molecular flexibility index (Phi) is 5.02. The Labute approximate surface area is 121 Å². The van der Waals surface area contributed by atoms with Crippen LogP contribution in [0.5, 0.6) is 5.75 Å². The van der Waals surface area contributed by atoms with Crippen molar-refractivity contribution in [3.05, 3.63) is 33.1 Å². The summed E-state index contributed by atoms with van der Waals surface area (Å²) in [6.07, 6.45) is 1.62. The normalized spacial score (nSPS) is 15.5. The number of rotatable bonds is 1. The van der Waals surface area contributed by atoms with Gasteiger partial charge in [0.1, 0.15) is 12.4 Å². The van der Waals surface area contributed by atoms with Crippen LogP contribution in [0.3, 0.4) is 0 Å². The molecule has 74 valence electrons. The molecule has 0 radical (unpaired) electrons. The van der Waals surface area contributed by atoms with Crippen molar-refractivity contribution in [2.24, 2.45) is 0 Å². The average molecular weight is 297 g/mol. The van der Waals surface area contributed by atoms with E-state index in [1.807, 2.05) is 12.1 Å². The van der Waals surface area contributed by atoms with Gasteiger partial charge in [0.2, 0.25) is 0 Å². The van der Waals surface area contributed by atoms with Gasteiger partial charge in [-0.1, -0.05) is 15.9 Å². The quantitative estimate of drug-likeness (QED) is 0.497. The Morgan fingerprint density at radius 2 is 2.20 bits per heavy atom. The largest absolute Gasteiger partial charge is 1.00 e. The monoisotopic (exact) mass is 296 g/mol. The molecule has 1 aliphatic heterocycles. The third-order valence-electron chi connectivity index (χ3n) is 1.87. The van der Waals surface area contributed by atoms with Gasteiger partial charge >= 0.3 is 29.6 Å². The Morgan fingerprint density at radius 3 is 2.87 bits per heavy atom. The van der Waals surface area contributed by atoms with Crippen LogP contribution < -0.4 is 34.3 Å². The summed E-state index contributed by atoms with van der Waals surface area (Å²) in [5, 5.41) is 0. The molecule has 1 aliphatic rings. The van der Waals surface area contributed by atoms with Crippen molar-refractivity contribution < 1.29 is 43.1 Å². The van der Waals surface area contributed by atoms with Gasteiger partial charge in [-0.3, -0.25) is 4.21 Å². The van der Waals surface area contributed by atoms with E-state index >= 15 is 0 Å². The predicted octanol–water partition coefficient (Wildman–Crippen LogP) is -0.935. The number of benzene rings is 1. The fourth-order valence-corrected chi connectivity index (χ4v) is 1.98. The topological polar surface area (TPSA) is 49.4 Å².